The highest BCUT2D eigenvalue weighted by Crippen LogP contribution is 1.99. The molecule has 80 valence electrons. The zero-order chi connectivity index (χ0) is 10.2. The van der Waals surface area contributed by atoms with Gasteiger partial charge in [-0.1, -0.05) is 6.92 Å². The molecule has 0 saturated heterocycles. The highest BCUT2D eigenvalue weighted by Gasteiger charge is 2.00. The monoisotopic (exact) mass is 197 g/mol. The summed E-state index contributed by atoms with van der Waals surface area (Å²) in [6.07, 6.45) is 2.66. The van der Waals surface area contributed by atoms with E-state index in [0.717, 1.165) is 31.9 Å². The highest BCUT2D eigenvalue weighted by atomic mass is 16.5. The Balaban J connectivity index is 1.99. The standard InChI is InChI=1S/C11H19NO2/c1-10(9-13-2)8-12-6-5-11-4-3-7-14-11/h3-4,7,10,12H,5-6,8-9H2,1-2H3. The average molecular weight is 197 g/mol. The van der Waals surface area contributed by atoms with Crippen molar-refractivity contribution in [1.29, 1.82) is 0 Å². The number of ether oxygens (including phenoxy) is 1. The zero-order valence-corrected chi connectivity index (χ0v) is 8.95. The molecule has 0 aliphatic carbocycles. The molecule has 3 nitrogen and oxygen atoms in total. The maximum atomic E-state index is 5.22. The first-order chi connectivity index (χ1) is 6.83. The van der Waals surface area contributed by atoms with Crippen LogP contribution in [-0.4, -0.2) is 26.8 Å². The third kappa shape index (κ3) is 4.44. The van der Waals surface area contributed by atoms with Crippen molar-refractivity contribution in [1.82, 2.24) is 5.32 Å². The lowest BCUT2D eigenvalue weighted by molar-refractivity contribution is 0.158. The Morgan fingerprint density at radius 2 is 2.43 bits per heavy atom. The van der Waals surface area contributed by atoms with Crippen LogP contribution in [0.5, 0.6) is 0 Å². The fraction of sp³-hybridized carbons (Fsp3) is 0.636. The first-order valence-corrected chi connectivity index (χ1v) is 5.05. The van der Waals surface area contributed by atoms with E-state index in [0.29, 0.717) is 5.92 Å². The molecule has 1 rings (SSSR count). The Hall–Kier alpha value is -0.800. The minimum atomic E-state index is 0.566. The summed E-state index contributed by atoms with van der Waals surface area (Å²) in [5, 5.41) is 3.37. The molecule has 14 heavy (non-hydrogen) atoms. The first-order valence-electron chi connectivity index (χ1n) is 5.05. The van der Waals surface area contributed by atoms with Gasteiger partial charge >= 0.3 is 0 Å². The van der Waals surface area contributed by atoms with Crippen molar-refractivity contribution >= 4 is 0 Å². The van der Waals surface area contributed by atoms with Crippen LogP contribution < -0.4 is 5.32 Å². The SMILES string of the molecule is COCC(C)CNCCc1ccco1. The van der Waals surface area contributed by atoms with Crippen LogP contribution in [0.15, 0.2) is 22.8 Å². The zero-order valence-electron chi connectivity index (χ0n) is 8.95. The number of furan rings is 1. The van der Waals surface area contributed by atoms with E-state index in [1.807, 2.05) is 12.1 Å². The Bertz CT molecular complexity index is 221. The van der Waals surface area contributed by atoms with Gasteiger partial charge in [0.15, 0.2) is 0 Å². The third-order valence-corrected chi connectivity index (χ3v) is 2.07. The fourth-order valence-electron chi connectivity index (χ4n) is 1.36. The van der Waals surface area contributed by atoms with Crippen LogP contribution in [-0.2, 0) is 11.2 Å². The van der Waals surface area contributed by atoms with E-state index < -0.39 is 0 Å². The van der Waals surface area contributed by atoms with Gasteiger partial charge in [-0.05, 0) is 24.6 Å². The Labute approximate surface area is 85.4 Å². The lowest BCUT2D eigenvalue weighted by atomic mass is 10.2. The molecule has 0 aliphatic rings. The van der Waals surface area contributed by atoms with E-state index in [1.165, 1.54) is 0 Å². The van der Waals surface area contributed by atoms with E-state index in [1.54, 1.807) is 13.4 Å². The van der Waals surface area contributed by atoms with Gasteiger partial charge in [0.1, 0.15) is 5.76 Å². The lowest BCUT2D eigenvalue weighted by Crippen LogP contribution is -2.25. The third-order valence-electron chi connectivity index (χ3n) is 2.07. The molecule has 1 heterocycles. The van der Waals surface area contributed by atoms with Gasteiger partial charge in [-0.3, -0.25) is 0 Å². The predicted molar refractivity (Wildman–Crippen MR) is 56.3 cm³/mol. The summed E-state index contributed by atoms with van der Waals surface area (Å²) >= 11 is 0. The second kappa shape index (κ2) is 6.62. The molecule has 1 aromatic heterocycles. The van der Waals surface area contributed by atoms with Crippen molar-refractivity contribution < 1.29 is 9.15 Å². The summed E-state index contributed by atoms with van der Waals surface area (Å²) in [6, 6.07) is 3.92. The highest BCUT2D eigenvalue weighted by molar-refractivity contribution is 4.98. The number of nitrogens with one attached hydrogen (secondary N) is 1. The maximum absolute atomic E-state index is 5.22. The largest absolute Gasteiger partial charge is 0.469 e. The maximum Gasteiger partial charge on any atom is 0.105 e. The van der Waals surface area contributed by atoms with Crippen LogP contribution >= 0.6 is 0 Å². The summed E-state index contributed by atoms with van der Waals surface area (Å²) in [4.78, 5) is 0. The quantitative estimate of drug-likeness (QED) is 0.675. The number of methoxy groups -OCH3 is 1. The normalized spacial score (nSPS) is 13.0. The molecular weight excluding hydrogens is 178 g/mol. The molecule has 0 aliphatic heterocycles. The Morgan fingerprint density at radius 1 is 1.57 bits per heavy atom. The van der Waals surface area contributed by atoms with Gasteiger partial charge in [0.2, 0.25) is 0 Å². The van der Waals surface area contributed by atoms with E-state index in [2.05, 4.69) is 12.2 Å². The van der Waals surface area contributed by atoms with Gasteiger partial charge in [0.05, 0.1) is 6.26 Å². The summed E-state index contributed by atoms with van der Waals surface area (Å²) < 4.78 is 10.3. The predicted octanol–water partition coefficient (Wildman–Crippen LogP) is 1.69. The average Bonchev–Trinajstić information content (AvgIpc) is 2.65. The number of rotatable bonds is 7. The molecule has 0 spiro atoms. The van der Waals surface area contributed by atoms with Gasteiger partial charge in [-0.15, -0.1) is 0 Å². The second-order valence-electron chi connectivity index (χ2n) is 3.59. The second-order valence-corrected chi connectivity index (χ2v) is 3.59. The van der Waals surface area contributed by atoms with Gasteiger partial charge in [0, 0.05) is 26.7 Å². The first kappa shape index (κ1) is 11.3. The van der Waals surface area contributed by atoms with Crippen molar-refractivity contribution in [3.63, 3.8) is 0 Å². The van der Waals surface area contributed by atoms with E-state index in [4.69, 9.17) is 9.15 Å². The van der Waals surface area contributed by atoms with Gasteiger partial charge < -0.3 is 14.5 Å². The summed E-state index contributed by atoms with van der Waals surface area (Å²) in [6.45, 7) is 4.94. The minimum absolute atomic E-state index is 0.566. The molecule has 3 heteroatoms. The molecule has 0 bridgehead atoms. The van der Waals surface area contributed by atoms with Crippen molar-refractivity contribution in [2.45, 2.75) is 13.3 Å². The molecule has 0 saturated carbocycles. The molecule has 1 unspecified atom stereocenters. The summed E-state index contributed by atoms with van der Waals surface area (Å²) in [5.74, 6) is 1.61. The van der Waals surface area contributed by atoms with E-state index in [-0.39, 0.29) is 0 Å². The van der Waals surface area contributed by atoms with Gasteiger partial charge in [-0.2, -0.15) is 0 Å². The Kier molecular flexibility index (Phi) is 5.33. The van der Waals surface area contributed by atoms with Crippen LogP contribution in [0.3, 0.4) is 0 Å². The van der Waals surface area contributed by atoms with E-state index >= 15 is 0 Å². The van der Waals surface area contributed by atoms with Crippen LogP contribution in [0.4, 0.5) is 0 Å². The summed E-state index contributed by atoms with van der Waals surface area (Å²) in [7, 11) is 1.74. The smallest absolute Gasteiger partial charge is 0.105 e. The molecule has 0 amide bonds. The molecule has 0 fully saturated rings. The molecule has 0 radical (unpaired) electrons. The van der Waals surface area contributed by atoms with Gasteiger partial charge in [0.25, 0.3) is 0 Å². The number of hydrogen-bond acceptors (Lipinski definition) is 3. The minimum Gasteiger partial charge on any atom is -0.469 e. The van der Waals surface area contributed by atoms with E-state index in [9.17, 15) is 0 Å². The molecule has 1 atom stereocenters. The van der Waals surface area contributed by atoms with Crippen LogP contribution in [0.2, 0.25) is 0 Å². The van der Waals surface area contributed by atoms with Crippen LogP contribution in [0, 0.1) is 5.92 Å². The molecule has 1 N–H and O–H groups in total. The fourth-order valence-corrected chi connectivity index (χ4v) is 1.36. The number of hydrogen-bond donors (Lipinski definition) is 1. The molecular formula is C11H19NO2. The molecule has 1 aromatic rings. The topological polar surface area (TPSA) is 34.4 Å². The summed E-state index contributed by atoms with van der Waals surface area (Å²) in [5.41, 5.74) is 0. The Morgan fingerprint density at radius 3 is 3.07 bits per heavy atom. The van der Waals surface area contributed by atoms with Crippen molar-refractivity contribution in [2.24, 2.45) is 5.92 Å². The van der Waals surface area contributed by atoms with Crippen molar-refractivity contribution in [2.75, 3.05) is 26.8 Å². The van der Waals surface area contributed by atoms with Gasteiger partial charge in [-0.25, -0.2) is 0 Å². The molecule has 0 aromatic carbocycles. The lowest BCUT2D eigenvalue weighted by Gasteiger charge is -2.10. The van der Waals surface area contributed by atoms with Crippen molar-refractivity contribution in [3.8, 4) is 0 Å². The van der Waals surface area contributed by atoms with Crippen molar-refractivity contribution in [3.05, 3.63) is 24.2 Å². The van der Waals surface area contributed by atoms with Crippen LogP contribution in [0.1, 0.15) is 12.7 Å². The van der Waals surface area contributed by atoms with Crippen LogP contribution in [0.25, 0.3) is 0 Å².